The number of halogens is 4. The molecule has 1 aliphatic heterocycles. The molecule has 0 aromatic heterocycles. The number of nitrogens with zero attached hydrogens (tertiary/aromatic N) is 1. The molecule has 1 saturated heterocycles. The number of rotatable bonds is 5. The first-order valence-electron chi connectivity index (χ1n) is 16.1. The number of benzene rings is 1. The molecule has 240 valence electrons. The molecule has 6 rings (SSSR count). The highest BCUT2D eigenvalue weighted by molar-refractivity contribution is 5.95. The van der Waals surface area contributed by atoms with E-state index in [1.165, 1.54) is 18.4 Å². The van der Waals surface area contributed by atoms with Crippen molar-refractivity contribution in [3.05, 3.63) is 52.6 Å². The van der Waals surface area contributed by atoms with E-state index in [1.807, 2.05) is 19.1 Å². The maximum Gasteiger partial charge on any atom is 0.457 e. The first-order chi connectivity index (χ1) is 21.3. The molecule has 0 amide bonds. The standard InChI is InChI=1S/C36H39F4NO4/c1-22(42)45-21-32(44)35(14-15-36(38,39)40)13-11-30-28-20-31(37)29-19-25(43)18-27(33(29)26(28)10-12-34(30,35)2)23-6-8-24(9-7-23)41-16-4-3-5-17-41/h6-9,19,27-28,30-31H,3-5,10-13,16-18,20-21H2,1-2H3/t27-,28+,30-,31?,34-,35-/m0/s1. The minimum atomic E-state index is -4.80. The lowest BCUT2D eigenvalue weighted by atomic mass is 9.50. The number of carbonyl (C=O) groups excluding carboxylic acids is 3. The predicted octanol–water partition coefficient (Wildman–Crippen LogP) is 7.21. The van der Waals surface area contributed by atoms with Crippen molar-refractivity contribution in [2.45, 2.75) is 89.9 Å². The van der Waals surface area contributed by atoms with Gasteiger partial charge in [0.15, 0.2) is 18.2 Å². The van der Waals surface area contributed by atoms with Crippen LogP contribution in [0.25, 0.3) is 0 Å². The number of allylic oxidation sites excluding steroid dienone is 4. The first kappa shape index (κ1) is 31.6. The van der Waals surface area contributed by atoms with E-state index < -0.39 is 41.5 Å². The quantitative estimate of drug-likeness (QED) is 0.197. The molecule has 0 N–H and O–H groups in total. The zero-order valence-corrected chi connectivity index (χ0v) is 25.8. The van der Waals surface area contributed by atoms with Crippen molar-refractivity contribution >= 4 is 23.2 Å². The van der Waals surface area contributed by atoms with E-state index >= 15 is 4.39 Å². The number of piperidine rings is 1. The van der Waals surface area contributed by atoms with Crippen molar-refractivity contribution in [3.8, 4) is 11.8 Å². The first-order valence-corrected chi connectivity index (χ1v) is 16.1. The van der Waals surface area contributed by atoms with Crippen LogP contribution in [-0.4, -0.2) is 49.6 Å². The molecular formula is C36H39F4NO4. The lowest BCUT2D eigenvalue weighted by molar-refractivity contribution is -0.150. The van der Waals surface area contributed by atoms with Gasteiger partial charge >= 0.3 is 12.1 Å². The van der Waals surface area contributed by atoms with Gasteiger partial charge in [0.1, 0.15) is 6.17 Å². The summed E-state index contributed by atoms with van der Waals surface area (Å²) in [6, 6.07) is 8.25. The molecule has 3 fully saturated rings. The summed E-state index contributed by atoms with van der Waals surface area (Å²) in [5, 5.41) is 0. The molecule has 1 aromatic rings. The Balaban J connectivity index is 1.38. The third-order valence-corrected chi connectivity index (χ3v) is 11.3. The van der Waals surface area contributed by atoms with Gasteiger partial charge in [0.2, 0.25) is 0 Å². The summed E-state index contributed by atoms with van der Waals surface area (Å²) >= 11 is 0. The zero-order chi connectivity index (χ0) is 32.1. The van der Waals surface area contributed by atoms with Crippen LogP contribution in [0.2, 0.25) is 0 Å². The topological polar surface area (TPSA) is 63.7 Å². The fourth-order valence-corrected chi connectivity index (χ4v) is 9.19. The number of Topliss-reactive ketones (excluding diaryl/α,β-unsaturated/α-hetero) is 1. The summed E-state index contributed by atoms with van der Waals surface area (Å²) < 4.78 is 61.3. The van der Waals surface area contributed by atoms with Gasteiger partial charge in [-0.3, -0.25) is 14.4 Å². The number of alkyl halides is 4. The van der Waals surface area contributed by atoms with Gasteiger partial charge < -0.3 is 9.64 Å². The number of carbonyl (C=O) groups is 3. The van der Waals surface area contributed by atoms with E-state index in [4.69, 9.17) is 4.74 Å². The van der Waals surface area contributed by atoms with Crippen LogP contribution in [0.3, 0.4) is 0 Å². The fourth-order valence-electron chi connectivity index (χ4n) is 9.19. The second-order valence-electron chi connectivity index (χ2n) is 13.6. The van der Waals surface area contributed by atoms with Crippen molar-refractivity contribution in [1.29, 1.82) is 0 Å². The highest BCUT2D eigenvalue weighted by Gasteiger charge is 2.64. The minimum Gasteiger partial charge on any atom is -0.458 e. The van der Waals surface area contributed by atoms with Gasteiger partial charge in [-0.2, -0.15) is 13.2 Å². The van der Waals surface area contributed by atoms with Crippen LogP contribution in [0, 0.1) is 34.5 Å². The Bertz CT molecular complexity index is 1510. The molecule has 0 radical (unpaired) electrons. The van der Waals surface area contributed by atoms with Crippen molar-refractivity contribution in [1.82, 2.24) is 0 Å². The number of hydrogen-bond acceptors (Lipinski definition) is 5. The maximum absolute atomic E-state index is 16.1. The highest BCUT2D eigenvalue weighted by Crippen LogP contribution is 2.67. The third-order valence-electron chi connectivity index (χ3n) is 11.3. The molecule has 1 aromatic carbocycles. The van der Waals surface area contributed by atoms with Crippen molar-refractivity contribution < 1.29 is 36.7 Å². The van der Waals surface area contributed by atoms with E-state index in [1.54, 1.807) is 0 Å². The molecule has 45 heavy (non-hydrogen) atoms. The summed E-state index contributed by atoms with van der Waals surface area (Å²) in [6.45, 7) is 4.31. The summed E-state index contributed by atoms with van der Waals surface area (Å²) in [5.74, 6) is 1.36. The lowest BCUT2D eigenvalue weighted by Crippen LogP contribution is -2.50. The zero-order valence-electron chi connectivity index (χ0n) is 25.8. The SMILES string of the molecule is CC(=O)OCC(=O)[C@@]1(C#CC(F)(F)F)CC[C@H]2[C@@H]3CC(F)C4=CC(=O)C[C@@H](c5ccc(N6CCCCC6)cc5)C4=C3CC[C@@]21C. The summed E-state index contributed by atoms with van der Waals surface area (Å²) in [7, 11) is 0. The number of hydrogen-bond donors (Lipinski definition) is 0. The predicted molar refractivity (Wildman–Crippen MR) is 161 cm³/mol. The van der Waals surface area contributed by atoms with Crippen molar-refractivity contribution in [3.63, 3.8) is 0 Å². The second-order valence-corrected chi connectivity index (χ2v) is 13.6. The lowest BCUT2D eigenvalue weighted by Gasteiger charge is -2.52. The van der Waals surface area contributed by atoms with Crippen LogP contribution in [0.4, 0.5) is 23.2 Å². The summed E-state index contributed by atoms with van der Waals surface area (Å²) in [4.78, 5) is 40.4. The molecule has 0 bridgehead atoms. The van der Waals surface area contributed by atoms with Crippen molar-refractivity contribution in [2.75, 3.05) is 24.6 Å². The molecular weight excluding hydrogens is 586 g/mol. The minimum absolute atomic E-state index is 0.0793. The summed E-state index contributed by atoms with van der Waals surface area (Å²) in [5.41, 5.74) is 1.78. The Kier molecular flexibility index (Phi) is 8.24. The van der Waals surface area contributed by atoms with Gasteiger partial charge in [0.05, 0.1) is 5.41 Å². The Morgan fingerprint density at radius 2 is 1.80 bits per heavy atom. The Labute approximate surface area is 261 Å². The number of esters is 1. The largest absolute Gasteiger partial charge is 0.458 e. The fraction of sp³-hybridized carbons (Fsp3) is 0.583. The third kappa shape index (κ3) is 5.63. The van der Waals surface area contributed by atoms with Gasteiger partial charge in [-0.05, 0) is 104 Å². The van der Waals surface area contributed by atoms with Crippen LogP contribution in [0.15, 0.2) is 47.1 Å². The number of anilines is 1. The molecule has 0 spiro atoms. The monoisotopic (exact) mass is 625 g/mol. The van der Waals surface area contributed by atoms with E-state index in [2.05, 4.69) is 23.0 Å². The molecule has 6 atom stereocenters. The van der Waals surface area contributed by atoms with Gasteiger partial charge in [-0.25, -0.2) is 4.39 Å². The van der Waals surface area contributed by atoms with Gasteiger partial charge in [0, 0.05) is 44.0 Å². The van der Waals surface area contributed by atoms with Crippen LogP contribution in [-0.2, 0) is 19.1 Å². The molecule has 4 aliphatic carbocycles. The molecule has 1 heterocycles. The highest BCUT2D eigenvalue weighted by atomic mass is 19.4. The smallest absolute Gasteiger partial charge is 0.457 e. The Morgan fingerprint density at radius 1 is 1.09 bits per heavy atom. The number of ketones is 2. The van der Waals surface area contributed by atoms with Crippen LogP contribution in [0.1, 0.15) is 83.1 Å². The van der Waals surface area contributed by atoms with E-state index in [-0.39, 0.29) is 42.8 Å². The average Bonchev–Trinajstić information content (AvgIpc) is 3.32. The number of fused-ring (bicyclic) bond motifs is 4. The molecule has 5 aliphatic rings. The molecule has 9 heteroatoms. The Morgan fingerprint density at radius 3 is 2.47 bits per heavy atom. The van der Waals surface area contributed by atoms with Crippen LogP contribution >= 0.6 is 0 Å². The average molecular weight is 626 g/mol. The number of ether oxygens (including phenoxy) is 1. The Hall–Kier alpha value is -3.41. The van der Waals surface area contributed by atoms with Gasteiger partial charge in [-0.15, -0.1) is 0 Å². The van der Waals surface area contributed by atoms with Crippen LogP contribution < -0.4 is 4.90 Å². The van der Waals surface area contributed by atoms with Gasteiger partial charge in [-0.1, -0.05) is 30.6 Å². The van der Waals surface area contributed by atoms with Crippen LogP contribution in [0.5, 0.6) is 0 Å². The molecule has 2 saturated carbocycles. The molecule has 1 unspecified atom stereocenters. The normalized spacial score (nSPS) is 32.9. The van der Waals surface area contributed by atoms with Gasteiger partial charge in [0.25, 0.3) is 0 Å². The van der Waals surface area contributed by atoms with E-state index in [9.17, 15) is 27.6 Å². The van der Waals surface area contributed by atoms with Crippen molar-refractivity contribution in [2.24, 2.45) is 22.7 Å². The maximum atomic E-state index is 16.1. The second kappa shape index (κ2) is 11.7. The summed E-state index contributed by atoms with van der Waals surface area (Å²) in [6.07, 6.45) is 0.448. The van der Waals surface area contributed by atoms with E-state index in [0.717, 1.165) is 55.3 Å². The molecule has 5 nitrogen and oxygen atoms in total. The van der Waals surface area contributed by atoms with E-state index in [0.29, 0.717) is 24.8 Å².